The van der Waals surface area contributed by atoms with Crippen LogP contribution in [-0.4, -0.2) is 45.2 Å². The van der Waals surface area contributed by atoms with Crippen LogP contribution in [0.3, 0.4) is 0 Å². The molecule has 0 bridgehead atoms. The molecule has 1 aliphatic heterocycles. The number of hydrogen-bond donors (Lipinski definition) is 1. The van der Waals surface area contributed by atoms with Gasteiger partial charge in [-0.15, -0.1) is 0 Å². The number of likely N-dealkylation sites (tertiary alicyclic amines) is 1. The monoisotopic (exact) mass is 536 g/mol. The molecule has 1 saturated heterocycles. The van der Waals surface area contributed by atoms with Crippen LogP contribution >= 0.6 is 0 Å². The van der Waals surface area contributed by atoms with Crippen molar-refractivity contribution in [3.63, 3.8) is 0 Å². The van der Waals surface area contributed by atoms with Gasteiger partial charge in [0.05, 0.1) is 6.10 Å². The van der Waals surface area contributed by atoms with Crippen LogP contribution in [-0.2, 0) is 17.8 Å². The number of carbonyl (C=O) groups is 1. The Morgan fingerprint density at radius 1 is 0.974 bits per heavy atom. The summed E-state index contributed by atoms with van der Waals surface area (Å²) in [5.41, 5.74) is 1.64. The van der Waals surface area contributed by atoms with Crippen LogP contribution in [0.4, 0.5) is 13.6 Å². The summed E-state index contributed by atoms with van der Waals surface area (Å²) in [6, 6.07) is 22.3. The molecule has 5 nitrogen and oxygen atoms in total. The Kier molecular flexibility index (Phi) is 9.36. The van der Waals surface area contributed by atoms with Crippen LogP contribution < -0.4 is 0 Å². The van der Waals surface area contributed by atoms with E-state index < -0.39 is 29.4 Å². The number of hydrogen-bond acceptors (Lipinski definition) is 4. The number of carbonyl (C=O) groups excluding carboxylic acids is 1. The number of halogens is 2. The molecule has 0 aromatic heterocycles. The fourth-order valence-corrected chi connectivity index (χ4v) is 5.29. The van der Waals surface area contributed by atoms with Crippen molar-refractivity contribution in [2.45, 2.75) is 76.9 Å². The fourth-order valence-electron chi connectivity index (χ4n) is 5.29. The minimum Gasteiger partial charge on any atom is -0.444 e. The first kappa shape index (κ1) is 28.7. The highest BCUT2D eigenvalue weighted by Crippen LogP contribution is 2.33. The van der Waals surface area contributed by atoms with Crippen molar-refractivity contribution in [3.8, 4) is 0 Å². The van der Waals surface area contributed by atoms with Gasteiger partial charge >= 0.3 is 6.09 Å². The van der Waals surface area contributed by atoms with Gasteiger partial charge in [-0.2, -0.15) is 0 Å². The molecular weight excluding hydrogens is 498 g/mol. The van der Waals surface area contributed by atoms with E-state index in [1.54, 1.807) is 4.90 Å². The van der Waals surface area contributed by atoms with Gasteiger partial charge in [0.15, 0.2) is 0 Å². The van der Waals surface area contributed by atoms with E-state index in [9.17, 15) is 18.7 Å². The third-order valence-corrected chi connectivity index (χ3v) is 7.04. The third-order valence-electron chi connectivity index (χ3n) is 7.04. The van der Waals surface area contributed by atoms with E-state index in [-0.39, 0.29) is 17.7 Å². The number of nitrogens with zero attached hydrogens (tertiary/aromatic N) is 2. The van der Waals surface area contributed by atoms with Crippen LogP contribution in [0.25, 0.3) is 0 Å². The summed E-state index contributed by atoms with van der Waals surface area (Å²) in [7, 11) is 0. The Hall–Kier alpha value is -3.29. The summed E-state index contributed by atoms with van der Waals surface area (Å²) in [5.74, 6) is -1.48. The largest absolute Gasteiger partial charge is 0.444 e. The molecule has 1 heterocycles. The first-order chi connectivity index (χ1) is 18.6. The molecule has 3 aromatic rings. The van der Waals surface area contributed by atoms with Crippen molar-refractivity contribution in [1.29, 1.82) is 0 Å². The lowest BCUT2D eigenvalue weighted by Crippen LogP contribution is -2.46. The second-order valence-electron chi connectivity index (χ2n) is 11.3. The first-order valence-electron chi connectivity index (χ1n) is 13.5. The van der Waals surface area contributed by atoms with E-state index >= 15 is 0 Å². The Bertz CT molecular complexity index is 1160. The Morgan fingerprint density at radius 2 is 1.51 bits per heavy atom. The highest BCUT2D eigenvalue weighted by molar-refractivity contribution is 5.69. The number of aliphatic hydroxyl groups excluding tert-OH is 1. The molecule has 39 heavy (non-hydrogen) atoms. The van der Waals surface area contributed by atoms with Gasteiger partial charge in [0.2, 0.25) is 0 Å². The molecule has 208 valence electrons. The number of benzene rings is 3. The standard InChI is InChI=1S/C32H38F2N2O3/c1-32(2,3)39-31(38)36-16-10-15-28(36)20-29(30(37)25-17-26(33)19-27(34)18-25)35(21-23-11-6-4-7-12-23)22-24-13-8-5-9-14-24/h4-9,11-14,17-19,28-30,37H,10,15-16,20-22H2,1-3H3/t28?,29-,30?/m0/s1. The topological polar surface area (TPSA) is 53.0 Å². The van der Waals surface area contributed by atoms with E-state index in [4.69, 9.17) is 4.74 Å². The number of amides is 1. The second-order valence-corrected chi connectivity index (χ2v) is 11.3. The van der Waals surface area contributed by atoms with E-state index in [0.29, 0.717) is 26.1 Å². The lowest BCUT2D eigenvalue weighted by Gasteiger charge is -2.38. The van der Waals surface area contributed by atoms with Gasteiger partial charge in [0, 0.05) is 37.8 Å². The third kappa shape index (κ3) is 8.10. The maximum Gasteiger partial charge on any atom is 0.410 e. The van der Waals surface area contributed by atoms with Crippen molar-refractivity contribution >= 4 is 6.09 Å². The molecule has 4 rings (SSSR count). The smallest absolute Gasteiger partial charge is 0.410 e. The zero-order valence-corrected chi connectivity index (χ0v) is 22.9. The van der Waals surface area contributed by atoms with E-state index in [0.717, 1.165) is 30.0 Å². The summed E-state index contributed by atoms with van der Waals surface area (Å²) in [6.07, 6.45) is 0.415. The van der Waals surface area contributed by atoms with Crippen LogP contribution in [0.5, 0.6) is 0 Å². The SMILES string of the molecule is CC(C)(C)OC(=O)N1CCCC1C[C@@H](C(O)c1cc(F)cc(F)c1)N(Cc1ccccc1)Cc1ccccc1. The Balaban J connectivity index is 1.70. The first-order valence-corrected chi connectivity index (χ1v) is 13.5. The normalized spacial score (nSPS) is 17.3. The maximum atomic E-state index is 14.2. The van der Waals surface area contributed by atoms with Gasteiger partial charge in [-0.25, -0.2) is 13.6 Å². The maximum absolute atomic E-state index is 14.2. The summed E-state index contributed by atoms with van der Waals surface area (Å²) < 4.78 is 34.2. The molecule has 3 atom stereocenters. The highest BCUT2D eigenvalue weighted by atomic mass is 19.1. The quantitative estimate of drug-likeness (QED) is 0.325. The van der Waals surface area contributed by atoms with Crippen LogP contribution in [0.1, 0.15) is 62.8 Å². The minimum atomic E-state index is -1.19. The molecule has 3 aromatic carbocycles. The zero-order chi connectivity index (χ0) is 28.0. The predicted octanol–water partition coefficient (Wildman–Crippen LogP) is 6.86. The summed E-state index contributed by atoms with van der Waals surface area (Å²) in [4.78, 5) is 16.9. The molecular formula is C32H38F2N2O3. The molecule has 0 saturated carbocycles. The van der Waals surface area contributed by atoms with Crippen LogP contribution in [0.15, 0.2) is 78.9 Å². The van der Waals surface area contributed by atoms with E-state index in [1.807, 2.05) is 81.4 Å². The lowest BCUT2D eigenvalue weighted by molar-refractivity contribution is 0.00305. The summed E-state index contributed by atoms with van der Waals surface area (Å²) in [5, 5.41) is 11.7. The second kappa shape index (κ2) is 12.7. The molecule has 1 aliphatic rings. The van der Waals surface area contributed by atoms with Crippen molar-refractivity contribution in [3.05, 3.63) is 107 Å². The van der Waals surface area contributed by atoms with Gasteiger partial charge in [-0.1, -0.05) is 60.7 Å². The molecule has 0 spiro atoms. The molecule has 0 radical (unpaired) electrons. The van der Waals surface area contributed by atoms with Gasteiger partial charge < -0.3 is 14.7 Å². The average Bonchev–Trinajstić information content (AvgIpc) is 3.35. The lowest BCUT2D eigenvalue weighted by atomic mass is 9.92. The molecule has 7 heteroatoms. The van der Waals surface area contributed by atoms with Crippen molar-refractivity contribution in [1.82, 2.24) is 9.80 Å². The fraction of sp³-hybridized carbons (Fsp3) is 0.406. The summed E-state index contributed by atoms with van der Waals surface area (Å²) >= 11 is 0. The van der Waals surface area contributed by atoms with Crippen LogP contribution in [0, 0.1) is 11.6 Å². The number of ether oxygens (including phenoxy) is 1. The Labute approximate surface area is 230 Å². The van der Waals surface area contributed by atoms with Gasteiger partial charge in [0.25, 0.3) is 0 Å². The molecule has 2 unspecified atom stereocenters. The van der Waals surface area contributed by atoms with Crippen LogP contribution in [0.2, 0.25) is 0 Å². The zero-order valence-electron chi connectivity index (χ0n) is 22.9. The van der Waals surface area contributed by atoms with Gasteiger partial charge in [-0.3, -0.25) is 4.90 Å². The predicted molar refractivity (Wildman–Crippen MR) is 148 cm³/mol. The Morgan fingerprint density at radius 3 is 2.03 bits per heavy atom. The number of rotatable bonds is 9. The van der Waals surface area contributed by atoms with Gasteiger partial charge in [-0.05, 0) is 68.9 Å². The summed E-state index contributed by atoms with van der Waals surface area (Å²) in [6.45, 7) is 7.09. The molecule has 1 fully saturated rings. The van der Waals surface area contributed by atoms with Gasteiger partial charge in [0.1, 0.15) is 17.2 Å². The van der Waals surface area contributed by atoms with E-state index in [1.165, 1.54) is 12.1 Å². The molecule has 1 amide bonds. The van der Waals surface area contributed by atoms with Crippen molar-refractivity contribution in [2.75, 3.05) is 6.54 Å². The number of aliphatic hydroxyl groups is 1. The molecule has 1 N–H and O–H groups in total. The average molecular weight is 537 g/mol. The minimum absolute atomic E-state index is 0.172. The van der Waals surface area contributed by atoms with Crippen molar-refractivity contribution < 1.29 is 23.4 Å². The van der Waals surface area contributed by atoms with Crippen molar-refractivity contribution in [2.24, 2.45) is 0 Å². The van der Waals surface area contributed by atoms with E-state index in [2.05, 4.69) is 4.90 Å². The highest BCUT2D eigenvalue weighted by Gasteiger charge is 2.38. The molecule has 0 aliphatic carbocycles.